The SMILES string of the molecule is Nc1ccc(-c2c(N)cc(Cl)c(O)c2Cl)cc1. The Hall–Kier alpha value is -1.58. The minimum absolute atomic E-state index is 0.131. The van der Waals surface area contributed by atoms with Crippen molar-refractivity contribution in [2.45, 2.75) is 0 Å². The zero-order chi connectivity index (χ0) is 12.6. The van der Waals surface area contributed by atoms with Gasteiger partial charge in [0.25, 0.3) is 0 Å². The third kappa shape index (κ3) is 2.12. The van der Waals surface area contributed by atoms with Gasteiger partial charge in [-0.05, 0) is 23.8 Å². The van der Waals surface area contributed by atoms with Gasteiger partial charge in [-0.15, -0.1) is 0 Å². The third-order valence-electron chi connectivity index (χ3n) is 2.42. The highest BCUT2D eigenvalue weighted by atomic mass is 35.5. The molecule has 17 heavy (non-hydrogen) atoms. The van der Waals surface area contributed by atoms with Crippen molar-refractivity contribution in [2.24, 2.45) is 0 Å². The van der Waals surface area contributed by atoms with Crippen molar-refractivity contribution in [3.63, 3.8) is 0 Å². The number of nitrogens with two attached hydrogens (primary N) is 2. The van der Waals surface area contributed by atoms with Gasteiger partial charge in [-0.2, -0.15) is 0 Å². The highest BCUT2D eigenvalue weighted by Gasteiger charge is 2.15. The maximum Gasteiger partial charge on any atom is 0.153 e. The molecule has 0 saturated carbocycles. The standard InChI is InChI=1S/C12H10Cl2N2O/c13-8-5-9(16)10(11(14)12(8)17)6-1-3-7(15)4-2-6/h1-5,17H,15-16H2. The fourth-order valence-corrected chi connectivity index (χ4v) is 2.15. The topological polar surface area (TPSA) is 72.3 Å². The molecule has 0 aliphatic carbocycles. The fourth-order valence-electron chi connectivity index (χ4n) is 1.57. The van der Waals surface area contributed by atoms with E-state index in [0.29, 0.717) is 16.9 Å². The van der Waals surface area contributed by atoms with Crippen molar-refractivity contribution in [1.82, 2.24) is 0 Å². The lowest BCUT2D eigenvalue weighted by atomic mass is 10.0. The van der Waals surface area contributed by atoms with Gasteiger partial charge in [0.15, 0.2) is 5.75 Å². The van der Waals surface area contributed by atoms with Gasteiger partial charge in [-0.1, -0.05) is 35.3 Å². The van der Waals surface area contributed by atoms with E-state index in [0.717, 1.165) is 5.56 Å². The number of hydrogen-bond acceptors (Lipinski definition) is 3. The Bertz CT molecular complexity index is 568. The normalized spacial score (nSPS) is 10.5. The molecule has 0 radical (unpaired) electrons. The molecule has 2 aromatic rings. The Kier molecular flexibility index (Phi) is 3.05. The van der Waals surface area contributed by atoms with Crippen LogP contribution in [0.4, 0.5) is 11.4 Å². The van der Waals surface area contributed by atoms with Crippen molar-refractivity contribution < 1.29 is 5.11 Å². The smallest absolute Gasteiger partial charge is 0.153 e. The van der Waals surface area contributed by atoms with Crippen molar-refractivity contribution in [2.75, 3.05) is 11.5 Å². The summed E-state index contributed by atoms with van der Waals surface area (Å²) in [5.41, 5.74) is 13.8. The molecule has 0 spiro atoms. The number of benzene rings is 2. The summed E-state index contributed by atoms with van der Waals surface area (Å²) >= 11 is 11.8. The van der Waals surface area contributed by atoms with E-state index >= 15 is 0 Å². The highest BCUT2D eigenvalue weighted by Crippen LogP contribution is 2.43. The van der Waals surface area contributed by atoms with E-state index in [9.17, 15) is 5.11 Å². The maximum absolute atomic E-state index is 9.68. The number of phenolic OH excluding ortho intramolecular Hbond substituents is 1. The van der Waals surface area contributed by atoms with Gasteiger partial charge in [0.2, 0.25) is 0 Å². The lowest BCUT2D eigenvalue weighted by Gasteiger charge is -2.11. The molecule has 5 heteroatoms. The molecule has 2 rings (SSSR count). The molecule has 0 aliphatic heterocycles. The maximum atomic E-state index is 9.68. The van der Waals surface area contributed by atoms with Crippen molar-refractivity contribution in [3.8, 4) is 16.9 Å². The average molecular weight is 269 g/mol. The van der Waals surface area contributed by atoms with Crippen molar-refractivity contribution >= 4 is 34.6 Å². The predicted octanol–water partition coefficient (Wildman–Crippen LogP) is 3.53. The van der Waals surface area contributed by atoms with Crippen LogP contribution < -0.4 is 11.5 Å². The average Bonchev–Trinajstić information content (AvgIpc) is 2.29. The number of hydrogen-bond donors (Lipinski definition) is 3. The Balaban J connectivity index is 2.67. The number of phenols is 1. The number of anilines is 2. The molecular weight excluding hydrogens is 259 g/mol. The first-order valence-corrected chi connectivity index (χ1v) is 5.58. The van der Waals surface area contributed by atoms with Gasteiger partial charge in [-0.25, -0.2) is 0 Å². The molecule has 0 bridgehead atoms. The monoisotopic (exact) mass is 268 g/mol. The van der Waals surface area contributed by atoms with Gasteiger partial charge in [0.05, 0.1) is 10.0 Å². The van der Waals surface area contributed by atoms with E-state index in [-0.39, 0.29) is 15.8 Å². The molecular formula is C12H10Cl2N2O. The van der Waals surface area contributed by atoms with E-state index in [1.165, 1.54) is 6.07 Å². The summed E-state index contributed by atoms with van der Waals surface area (Å²) in [6, 6.07) is 8.49. The second-order valence-electron chi connectivity index (χ2n) is 3.61. The van der Waals surface area contributed by atoms with Crippen LogP contribution in [0, 0.1) is 0 Å². The fraction of sp³-hybridized carbons (Fsp3) is 0. The van der Waals surface area contributed by atoms with Crippen LogP contribution in [0.3, 0.4) is 0 Å². The van der Waals surface area contributed by atoms with Gasteiger partial charge in [0.1, 0.15) is 0 Å². The van der Waals surface area contributed by atoms with Gasteiger partial charge < -0.3 is 16.6 Å². The Morgan fingerprint density at radius 2 is 1.59 bits per heavy atom. The third-order valence-corrected chi connectivity index (χ3v) is 3.08. The number of halogens is 2. The van der Waals surface area contributed by atoms with Crippen LogP contribution in [0.1, 0.15) is 0 Å². The molecule has 0 amide bonds. The summed E-state index contributed by atoms with van der Waals surface area (Å²) in [5.74, 6) is -0.172. The summed E-state index contributed by atoms with van der Waals surface area (Å²) in [7, 11) is 0. The second-order valence-corrected chi connectivity index (χ2v) is 4.39. The zero-order valence-corrected chi connectivity index (χ0v) is 10.3. The minimum atomic E-state index is -0.172. The van der Waals surface area contributed by atoms with E-state index in [1.54, 1.807) is 24.3 Å². The molecule has 2 aromatic carbocycles. The summed E-state index contributed by atoms with van der Waals surface area (Å²) in [6.45, 7) is 0. The molecule has 0 fully saturated rings. The first-order valence-electron chi connectivity index (χ1n) is 4.83. The first kappa shape index (κ1) is 11.9. The van der Waals surface area contributed by atoms with Crippen LogP contribution in [0.2, 0.25) is 10.0 Å². The van der Waals surface area contributed by atoms with Crippen LogP contribution in [-0.4, -0.2) is 5.11 Å². The first-order chi connectivity index (χ1) is 8.00. The van der Waals surface area contributed by atoms with Gasteiger partial charge in [0, 0.05) is 16.9 Å². The minimum Gasteiger partial charge on any atom is -0.505 e. The van der Waals surface area contributed by atoms with Crippen LogP contribution in [-0.2, 0) is 0 Å². The quantitative estimate of drug-likeness (QED) is 0.547. The predicted molar refractivity (Wildman–Crippen MR) is 72.4 cm³/mol. The van der Waals surface area contributed by atoms with E-state index < -0.39 is 0 Å². The van der Waals surface area contributed by atoms with Crippen LogP contribution in [0.15, 0.2) is 30.3 Å². The molecule has 0 heterocycles. The van der Waals surface area contributed by atoms with Crippen LogP contribution in [0.25, 0.3) is 11.1 Å². The van der Waals surface area contributed by atoms with E-state index in [2.05, 4.69) is 0 Å². The largest absolute Gasteiger partial charge is 0.505 e. The van der Waals surface area contributed by atoms with Crippen molar-refractivity contribution in [3.05, 3.63) is 40.4 Å². The Morgan fingerprint density at radius 3 is 2.18 bits per heavy atom. The molecule has 0 atom stereocenters. The molecule has 3 nitrogen and oxygen atoms in total. The zero-order valence-electron chi connectivity index (χ0n) is 8.74. The number of nitrogen functional groups attached to an aromatic ring is 2. The van der Waals surface area contributed by atoms with E-state index in [4.69, 9.17) is 34.7 Å². The number of aromatic hydroxyl groups is 1. The number of rotatable bonds is 1. The Morgan fingerprint density at radius 1 is 1.00 bits per heavy atom. The Labute approximate surface area is 109 Å². The summed E-state index contributed by atoms with van der Waals surface area (Å²) < 4.78 is 0. The molecule has 0 aliphatic rings. The second kappa shape index (κ2) is 4.35. The summed E-state index contributed by atoms with van der Waals surface area (Å²) in [6.07, 6.45) is 0. The molecule has 0 aromatic heterocycles. The summed E-state index contributed by atoms with van der Waals surface area (Å²) in [4.78, 5) is 0. The lowest BCUT2D eigenvalue weighted by molar-refractivity contribution is 0.476. The van der Waals surface area contributed by atoms with Crippen LogP contribution in [0.5, 0.6) is 5.75 Å². The summed E-state index contributed by atoms with van der Waals surface area (Å²) in [5, 5.41) is 9.95. The van der Waals surface area contributed by atoms with Crippen LogP contribution >= 0.6 is 23.2 Å². The molecule has 88 valence electrons. The molecule has 0 saturated heterocycles. The van der Waals surface area contributed by atoms with E-state index in [1.807, 2.05) is 0 Å². The van der Waals surface area contributed by atoms with Crippen molar-refractivity contribution in [1.29, 1.82) is 0 Å². The highest BCUT2D eigenvalue weighted by molar-refractivity contribution is 6.39. The van der Waals surface area contributed by atoms with Gasteiger partial charge in [-0.3, -0.25) is 0 Å². The lowest BCUT2D eigenvalue weighted by Crippen LogP contribution is -1.93. The van der Waals surface area contributed by atoms with Gasteiger partial charge >= 0.3 is 0 Å². The molecule has 5 N–H and O–H groups in total. The molecule has 0 unspecified atom stereocenters.